The van der Waals surface area contributed by atoms with E-state index in [1.807, 2.05) is 13.8 Å². The number of hydrogen-bond donors (Lipinski definition) is 3. The molecule has 0 aromatic heterocycles. The van der Waals surface area contributed by atoms with Crippen molar-refractivity contribution in [1.29, 1.82) is 0 Å². The van der Waals surface area contributed by atoms with Crippen LogP contribution in [0.5, 0.6) is 0 Å². The Morgan fingerprint density at radius 2 is 2.15 bits per heavy atom. The second kappa shape index (κ2) is 7.04. The van der Waals surface area contributed by atoms with Crippen LogP contribution >= 0.6 is 0 Å². The molecule has 0 radical (unpaired) electrons. The third kappa shape index (κ3) is 4.45. The molecule has 0 bridgehead atoms. The van der Waals surface area contributed by atoms with Crippen molar-refractivity contribution in [3.63, 3.8) is 0 Å². The lowest BCUT2D eigenvalue weighted by molar-refractivity contribution is -0.121. The maximum atomic E-state index is 11.8. The average Bonchev–Trinajstić information content (AvgIpc) is 2.83. The zero-order valence-electron chi connectivity index (χ0n) is 12.4. The molecule has 20 heavy (non-hydrogen) atoms. The number of nitrogens with zero attached hydrogens (tertiary/aromatic N) is 1. The molecule has 2 aliphatic rings. The van der Waals surface area contributed by atoms with E-state index in [4.69, 9.17) is 0 Å². The Morgan fingerprint density at radius 1 is 1.35 bits per heavy atom. The maximum absolute atomic E-state index is 11.8. The van der Waals surface area contributed by atoms with E-state index >= 15 is 0 Å². The minimum atomic E-state index is -0.388. The van der Waals surface area contributed by atoms with Crippen LogP contribution in [0.3, 0.4) is 0 Å². The van der Waals surface area contributed by atoms with Crippen LogP contribution in [0.15, 0.2) is 0 Å². The van der Waals surface area contributed by atoms with Gasteiger partial charge in [-0.25, -0.2) is 4.79 Å². The van der Waals surface area contributed by atoms with Crippen LogP contribution < -0.4 is 16.0 Å². The molecule has 0 spiro atoms. The van der Waals surface area contributed by atoms with Crippen LogP contribution in [-0.4, -0.2) is 55.6 Å². The van der Waals surface area contributed by atoms with Crippen molar-refractivity contribution in [2.75, 3.05) is 32.7 Å². The highest BCUT2D eigenvalue weighted by Gasteiger charge is 2.33. The number of imide groups is 1. The highest BCUT2D eigenvalue weighted by atomic mass is 16.2. The van der Waals surface area contributed by atoms with Crippen molar-refractivity contribution < 1.29 is 9.59 Å². The summed E-state index contributed by atoms with van der Waals surface area (Å²) in [7, 11) is 0. The summed E-state index contributed by atoms with van der Waals surface area (Å²) in [5, 5.41) is 8.58. The largest absolute Gasteiger partial charge is 0.338 e. The molecular formula is C14H26N4O2. The van der Waals surface area contributed by atoms with Gasteiger partial charge in [0.05, 0.1) is 6.54 Å². The zero-order chi connectivity index (χ0) is 14.5. The van der Waals surface area contributed by atoms with Gasteiger partial charge in [-0.15, -0.1) is 0 Å². The Labute approximate surface area is 120 Å². The topological polar surface area (TPSA) is 73.5 Å². The molecule has 3 N–H and O–H groups in total. The number of carbonyl (C=O) groups excluding carboxylic acids is 2. The standard InChI is InChI=1S/C14H26N4O2/c1-10(2)7-16-14(20)17-13(19)9-18-6-4-12-11(8-18)3-5-15-12/h10-12,15H,3-9H2,1-2H3,(H2,16,17,19,20). The summed E-state index contributed by atoms with van der Waals surface area (Å²) in [5.41, 5.74) is 0. The fourth-order valence-electron chi connectivity index (χ4n) is 2.98. The molecule has 2 aliphatic heterocycles. The van der Waals surface area contributed by atoms with Crippen molar-refractivity contribution in [2.24, 2.45) is 11.8 Å². The summed E-state index contributed by atoms with van der Waals surface area (Å²) >= 11 is 0. The fraction of sp³-hybridized carbons (Fsp3) is 0.857. The van der Waals surface area contributed by atoms with E-state index in [2.05, 4.69) is 20.9 Å². The third-order valence-electron chi connectivity index (χ3n) is 4.03. The number of fused-ring (bicyclic) bond motifs is 1. The molecule has 0 aromatic rings. The first-order valence-electron chi connectivity index (χ1n) is 7.58. The molecule has 6 nitrogen and oxygen atoms in total. The first-order chi connectivity index (χ1) is 9.54. The van der Waals surface area contributed by atoms with Gasteiger partial charge in [0.15, 0.2) is 0 Å². The molecule has 3 amide bonds. The SMILES string of the molecule is CC(C)CNC(=O)NC(=O)CN1CCC2NCCC2C1. The van der Waals surface area contributed by atoms with Crippen LogP contribution in [-0.2, 0) is 4.79 Å². The number of hydrogen-bond acceptors (Lipinski definition) is 4. The van der Waals surface area contributed by atoms with Gasteiger partial charge in [-0.2, -0.15) is 0 Å². The summed E-state index contributed by atoms with van der Waals surface area (Å²) in [6, 6.07) is 0.241. The summed E-state index contributed by atoms with van der Waals surface area (Å²) in [4.78, 5) is 25.5. The Kier molecular flexibility index (Phi) is 5.37. The van der Waals surface area contributed by atoms with Gasteiger partial charge in [0, 0.05) is 25.7 Å². The molecule has 2 saturated heterocycles. The Morgan fingerprint density at radius 3 is 2.90 bits per heavy atom. The summed E-state index contributed by atoms with van der Waals surface area (Å²) in [6.45, 7) is 7.90. The monoisotopic (exact) mass is 282 g/mol. The quantitative estimate of drug-likeness (QED) is 0.686. The highest BCUT2D eigenvalue weighted by Crippen LogP contribution is 2.24. The van der Waals surface area contributed by atoms with Gasteiger partial charge in [-0.3, -0.25) is 15.0 Å². The van der Waals surface area contributed by atoms with Crippen molar-refractivity contribution in [1.82, 2.24) is 20.9 Å². The minimum Gasteiger partial charge on any atom is -0.338 e. The number of piperidine rings is 1. The number of rotatable bonds is 4. The summed E-state index contributed by atoms with van der Waals surface area (Å²) in [6.07, 6.45) is 2.29. The predicted octanol–water partition coefficient (Wildman–Crippen LogP) is 0.152. The summed E-state index contributed by atoms with van der Waals surface area (Å²) in [5.74, 6) is 0.826. The smallest absolute Gasteiger partial charge is 0.321 e. The number of likely N-dealkylation sites (tertiary alicyclic amines) is 1. The normalized spacial score (nSPS) is 26.4. The summed E-state index contributed by atoms with van der Waals surface area (Å²) < 4.78 is 0. The lowest BCUT2D eigenvalue weighted by Gasteiger charge is -2.34. The lowest BCUT2D eigenvalue weighted by Crippen LogP contribution is -2.50. The molecule has 2 atom stereocenters. The number of urea groups is 1. The van der Waals surface area contributed by atoms with E-state index in [0.29, 0.717) is 31.0 Å². The Hall–Kier alpha value is -1.14. The minimum absolute atomic E-state index is 0.212. The van der Waals surface area contributed by atoms with Crippen molar-refractivity contribution >= 4 is 11.9 Å². The van der Waals surface area contributed by atoms with E-state index < -0.39 is 0 Å². The first kappa shape index (κ1) is 15.3. The Bertz CT molecular complexity index is 359. The number of carbonyl (C=O) groups is 2. The molecular weight excluding hydrogens is 256 g/mol. The second-order valence-corrected chi connectivity index (χ2v) is 6.29. The van der Waals surface area contributed by atoms with Gasteiger partial charge in [-0.05, 0) is 31.2 Å². The number of nitrogens with one attached hydrogen (secondary N) is 3. The molecule has 2 fully saturated rings. The predicted molar refractivity (Wildman–Crippen MR) is 77.3 cm³/mol. The van der Waals surface area contributed by atoms with Gasteiger partial charge in [-0.1, -0.05) is 13.8 Å². The third-order valence-corrected chi connectivity index (χ3v) is 4.03. The zero-order valence-corrected chi connectivity index (χ0v) is 12.4. The number of amides is 3. The van der Waals surface area contributed by atoms with Crippen LogP contribution in [0.2, 0.25) is 0 Å². The average molecular weight is 282 g/mol. The molecule has 0 saturated carbocycles. The van der Waals surface area contributed by atoms with Gasteiger partial charge in [0.1, 0.15) is 0 Å². The van der Waals surface area contributed by atoms with Gasteiger partial charge in [0.2, 0.25) is 5.91 Å². The molecule has 2 heterocycles. The Balaban J connectivity index is 1.68. The highest BCUT2D eigenvalue weighted by molar-refractivity contribution is 5.95. The molecule has 2 unspecified atom stereocenters. The van der Waals surface area contributed by atoms with Gasteiger partial charge in [0.25, 0.3) is 0 Å². The van der Waals surface area contributed by atoms with Crippen LogP contribution in [0.4, 0.5) is 4.79 Å². The van der Waals surface area contributed by atoms with Gasteiger partial charge < -0.3 is 10.6 Å². The molecule has 0 aliphatic carbocycles. The van der Waals surface area contributed by atoms with Crippen LogP contribution in [0.1, 0.15) is 26.7 Å². The van der Waals surface area contributed by atoms with E-state index in [-0.39, 0.29) is 11.9 Å². The van der Waals surface area contributed by atoms with E-state index in [1.54, 1.807) is 0 Å². The molecule has 2 rings (SSSR count). The van der Waals surface area contributed by atoms with Crippen molar-refractivity contribution in [2.45, 2.75) is 32.7 Å². The molecule has 0 aromatic carbocycles. The van der Waals surface area contributed by atoms with E-state index in [9.17, 15) is 9.59 Å². The van der Waals surface area contributed by atoms with Crippen molar-refractivity contribution in [3.05, 3.63) is 0 Å². The van der Waals surface area contributed by atoms with E-state index in [1.165, 1.54) is 6.42 Å². The van der Waals surface area contributed by atoms with Crippen molar-refractivity contribution in [3.8, 4) is 0 Å². The lowest BCUT2D eigenvalue weighted by atomic mass is 9.93. The van der Waals surface area contributed by atoms with E-state index in [0.717, 1.165) is 26.1 Å². The molecule has 114 valence electrons. The second-order valence-electron chi connectivity index (χ2n) is 6.29. The maximum Gasteiger partial charge on any atom is 0.321 e. The van der Waals surface area contributed by atoms with Crippen LogP contribution in [0.25, 0.3) is 0 Å². The van der Waals surface area contributed by atoms with Gasteiger partial charge >= 0.3 is 6.03 Å². The fourth-order valence-corrected chi connectivity index (χ4v) is 2.98. The van der Waals surface area contributed by atoms with Crippen LogP contribution in [0, 0.1) is 11.8 Å². The first-order valence-corrected chi connectivity index (χ1v) is 7.58. The molecule has 6 heteroatoms.